The molecule has 84 valence electrons. The average Bonchev–Trinajstić information content (AvgIpc) is 2.18. The number of ether oxygens (including phenoxy) is 1. The molecule has 0 saturated heterocycles. The van der Waals surface area contributed by atoms with Gasteiger partial charge < -0.3 is 10.5 Å². The Morgan fingerprint density at radius 1 is 1.47 bits per heavy atom. The van der Waals surface area contributed by atoms with E-state index >= 15 is 0 Å². The van der Waals surface area contributed by atoms with E-state index in [-0.39, 0.29) is 11.6 Å². The van der Waals surface area contributed by atoms with E-state index in [1.165, 1.54) is 0 Å². The number of nitrogens with two attached hydrogens (primary N) is 1. The Hall–Kier alpha value is -1.09. The number of hydrogen-bond acceptors (Lipinski definition) is 3. The molecule has 3 nitrogen and oxygen atoms in total. The smallest absolute Gasteiger partial charge is 0.213 e. The Balaban J connectivity index is 2.73. The van der Waals surface area contributed by atoms with Crippen molar-refractivity contribution in [3.8, 4) is 5.88 Å². The van der Waals surface area contributed by atoms with Gasteiger partial charge in [-0.05, 0) is 32.8 Å². The van der Waals surface area contributed by atoms with Gasteiger partial charge in [0.25, 0.3) is 0 Å². The van der Waals surface area contributed by atoms with E-state index in [9.17, 15) is 0 Å². The van der Waals surface area contributed by atoms with Crippen molar-refractivity contribution in [2.45, 2.75) is 45.8 Å². The Morgan fingerprint density at radius 3 is 2.53 bits per heavy atom. The lowest BCUT2D eigenvalue weighted by atomic mass is 10.1. The molecule has 1 rings (SSSR count). The first-order chi connectivity index (χ1) is 6.94. The molecule has 0 amide bonds. The van der Waals surface area contributed by atoms with Gasteiger partial charge >= 0.3 is 0 Å². The van der Waals surface area contributed by atoms with E-state index in [0.717, 1.165) is 12.0 Å². The highest BCUT2D eigenvalue weighted by atomic mass is 16.5. The van der Waals surface area contributed by atoms with E-state index < -0.39 is 0 Å². The summed E-state index contributed by atoms with van der Waals surface area (Å²) in [5.41, 5.74) is 6.60. The van der Waals surface area contributed by atoms with Crippen molar-refractivity contribution >= 4 is 0 Å². The van der Waals surface area contributed by atoms with Crippen LogP contribution in [0.3, 0.4) is 0 Å². The molecule has 0 bridgehead atoms. The average molecular weight is 208 g/mol. The van der Waals surface area contributed by atoms with Crippen LogP contribution in [0.1, 0.15) is 45.7 Å². The van der Waals surface area contributed by atoms with Crippen LogP contribution in [0.4, 0.5) is 0 Å². The molecule has 1 atom stereocenters. The van der Waals surface area contributed by atoms with Gasteiger partial charge in [0.2, 0.25) is 5.88 Å². The van der Waals surface area contributed by atoms with Gasteiger partial charge in [0.05, 0.1) is 0 Å². The van der Waals surface area contributed by atoms with Crippen molar-refractivity contribution in [2.75, 3.05) is 0 Å². The van der Waals surface area contributed by atoms with Crippen LogP contribution in [0, 0.1) is 0 Å². The lowest BCUT2D eigenvalue weighted by Crippen LogP contribution is -2.27. The van der Waals surface area contributed by atoms with Gasteiger partial charge in [0, 0.05) is 18.3 Å². The fourth-order valence-electron chi connectivity index (χ4n) is 1.08. The predicted molar refractivity (Wildman–Crippen MR) is 61.8 cm³/mol. The number of rotatable bonds is 4. The molecule has 0 fully saturated rings. The van der Waals surface area contributed by atoms with Crippen LogP contribution in [0.25, 0.3) is 0 Å². The summed E-state index contributed by atoms with van der Waals surface area (Å²) in [5, 5.41) is 0. The van der Waals surface area contributed by atoms with Crippen molar-refractivity contribution < 1.29 is 4.74 Å². The van der Waals surface area contributed by atoms with Crippen LogP contribution in [-0.2, 0) is 0 Å². The summed E-state index contributed by atoms with van der Waals surface area (Å²) < 4.78 is 5.73. The molecule has 1 heterocycles. The Labute approximate surface area is 91.7 Å². The van der Waals surface area contributed by atoms with Gasteiger partial charge in [-0.2, -0.15) is 0 Å². The van der Waals surface area contributed by atoms with Crippen molar-refractivity contribution in [3.05, 3.63) is 23.9 Å². The number of pyridine rings is 1. The third-order valence-electron chi connectivity index (χ3n) is 2.52. The normalized spacial score (nSPS) is 13.7. The molecule has 1 aromatic heterocycles. The van der Waals surface area contributed by atoms with Gasteiger partial charge in [-0.1, -0.05) is 13.0 Å². The lowest BCUT2D eigenvalue weighted by molar-refractivity contribution is 0.0990. The second-order valence-electron chi connectivity index (χ2n) is 4.43. The Morgan fingerprint density at radius 2 is 2.13 bits per heavy atom. The van der Waals surface area contributed by atoms with Crippen LogP contribution in [0.15, 0.2) is 18.3 Å². The van der Waals surface area contributed by atoms with E-state index in [1.54, 1.807) is 6.20 Å². The second-order valence-corrected chi connectivity index (χ2v) is 4.43. The fourth-order valence-corrected chi connectivity index (χ4v) is 1.08. The second kappa shape index (κ2) is 4.62. The monoisotopic (exact) mass is 208 g/mol. The number of hydrogen-bond donors (Lipinski definition) is 1. The van der Waals surface area contributed by atoms with Crippen molar-refractivity contribution in [3.63, 3.8) is 0 Å². The molecule has 0 aliphatic rings. The Kier molecular flexibility index (Phi) is 3.69. The summed E-state index contributed by atoms with van der Waals surface area (Å²) >= 11 is 0. The largest absolute Gasteiger partial charge is 0.472 e. The highest BCUT2D eigenvalue weighted by Gasteiger charge is 2.17. The third-order valence-corrected chi connectivity index (χ3v) is 2.52. The highest BCUT2D eigenvalue weighted by Crippen LogP contribution is 2.19. The van der Waals surface area contributed by atoms with Gasteiger partial charge in [0.1, 0.15) is 5.60 Å². The summed E-state index contributed by atoms with van der Waals surface area (Å²) in [6.45, 7) is 8.13. The van der Waals surface area contributed by atoms with E-state index in [0.29, 0.717) is 5.88 Å². The van der Waals surface area contributed by atoms with Gasteiger partial charge in [-0.3, -0.25) is 0 Å². The summed E-state index contributed by atoms with van der Waals surface area (Å²) in [6, 6.07) is 3.85. The third kappa shape index (κ3) is 3.51. The van der Waals surface area contributed by atoms with Crippen molar-refractivity contribution in [1.29, 1.82) is 0 Å². The van der Waals surface area contributed by atoms with E-state index in [1.807, 2.05) is 32.9 Å². The van der Waals surface area contributed by atoms with Crippen LogP contribution in [0.2, 0.25) is 0 Å². The zero-order valence-corrected chi connectivity index (χ0v) is 9.95. The highest BCUT2D eigenvalue weighted by molar-refractivity contribution is 5.20. The minimum Gasteiger partial charge on any atom is -0.472 e. The van der Waals surface area contributed by atoms with E-state index in [2.05, 4.69) is 11.9 Å². The van der Waals surface area contributed by atoms with Crippen LogP contribution in [0.5, 0.6) is 5.88 Å². The molecule has 0 unspecified atom stereocenters. The first-order valence-corrected chi connectivity index (χ1v) is 5.35. The number of nitrogens with zero attached hydrogens (tertiary/aromatic N) is 1. The molecule has 1 aromatic rings. The van der Waals surface area contributed by atoms with Gasteiger partial charge in [-0.15, -0.1) is 0 Å². The Bertz CT molecular complexity index is 304. The minimum atomic E-state index is -0.164. The molecular formula is C12H20N2O. The zero-order valence-electron chi connectivity index (χ0n) is 9.95. The lowest BCUT2D eigenvalue weighted by Gasteiger charge is -2.24. The molecule has 3 heteroatoms. The van der Waals surface area contributed by atoms with Crippen LogP contribution < -0.4 is 10.5 Å². The van der Waals surface area contributed by atoms with Crippen molar-refractivity contribution in [2.24, 2.45) is 5.73 Å². The van der Waals surface area contributed by atoms with Crippen LogP contribution >= 0.6 is 0 Å². The molecule has 0 aromatic carbocycles. The van der Waals surface area contributed by atoms with Crippen LogP contribution in [-0.4, -0.2) is 10.6 Å². The molecule has 0 radical (unpaired) electrons. The molecule has 0 aliphatic heterocycles. The van der Waals surface area contributed by atoms with Gasteiger partial charge in [-0.25, -0.2) is 4.98 Å². The van der Waals surface area contributed by atoms with Crippen molar-refractivity contribution in [1.82, 2.24) is 4.98 Å². The number of aromatic nitrogens is 1. The SMILES string of the molecule is CCC(C)(C)Oc1ccc([C@H](C)N)cn1. The van der Waals surface area contributed by atoms with Gasteiger partial charge in [0.15, 0.2) is 0 Å². The maximum absolute atomic E-state index is 5.74. The summed E-state index contributed by atoms with van der Waals surface area (Å²) in [4.78, 5) is 4.23. The maximum atomic E-state index is 5.74. The molecule has 0 spiro atoms. The molecule has 2 N–H and O–H groups in total. The van der Waals surface area contributed by atoms with E-state index in [4.69, 9.17) is 10.5 Å². The molecule has 0 aliphatic carbocycles. The quantitative estimate of drug-likeness (QED) is 0.827. The first-order valence-electron chi connectivity index (χ1n) is 5.35. The topological polar surface area (TPSA) is 48.1 Å². The maximum Gasteiger partial charge on any atom is 0.213 e. The fraction of sp³-hybridized carbons (Fsp3) is 0.583. The summed E-state index contributed by atoms with van der Waals surface area (Å²) in [5.74, 6) is 0.659. The summed E-state index contributed by atoms with van der Waals surface area (Å²) in [7, 11) is 0. The molecular weight excluding hydrogens is 188 g/mol. The molecule has 0 saturated carbocycles. The predicted octanol–water partition coefficient (Wildman–Crippen LogP) is 2.67. The molecule has 15 heavy (non-hydrogen) atoms. The standard InChI is InChI=1S/C12H20N2O/c1-5-12(3,4)15-11-7-6-10(8-14-11)9(2)13/h6-9H,5,13H2,1-4H3/t9-/m0/s1. The first kappa shape index (κ1) is 12.0. The zero-order chi connectivity index (χ0) is 11.5. The minimum absolute atomic E-state index is 0.0192. The summed E-state index contributed by atoms with van der Waals surface area (Å²) in [6.07, 6.45) is 2.72.